The number of ether oxygens (including phenoxy) is 1. The molecule has 1 aromatic carbocycles. The van der Waals surface area contributed by atoms with Crippen molar-refractivity contribution in [3.8, 4) is 17.0 Å². The minimum atomic E-state index is -0.468. The fraction of sp³-hybridized carbons (Fsp3) is 0.154. The predicted molar refractivity (Wildman–Crippen MR) is 79.3 cm³/mol. The van der Waals surface area contributed by atoms with Gasteiger partial charge in [-0.2, -0.15) is 15.4 Å². The molecule has 0 fully saturated rings. The van der Waals surface area contributed by atoms with Crippen LogP contribution in [0.4, 0.5) is 0 Å². The Hall–Kier alpha value is -2.65. The lowest BCUT2D eigenvalue weighted by Gasteiger charge is -2.04. The van der Waals surface area contributed by atoms with E-state index in [1.807, 2.05) is 0 Å². The molecular formula is C13H12N6O2S. The van der Waals surface area contributed by atoms with Crippen LogP contribution in [0.1, 0.15) is 21.1 Å². The smallest absolute Gasteiger partial charge is 0.357 e. The zero-order valence-electron chi connectivity index (χ0n) is 11.6. The Morgan fingerprint density at radius 1 is 1.32 bits per heavy atom. The van der Waals surface area contributed by atoms with Gasteiger partial charge in [-0.1, -0.05) is 4.49 Å². The molecule has 0 aliphatic rings. The highest BCUT2D eigenvalue weighted by Gasteiger charge is 2.16. The van der Waals surface area contributed by atoms with Crippen molar-refractivity contribution in [1.82, 2.24) is 25.0 Å². The van der Waals surface area contributed by atoms with E-state index in [1.165, 1.54) is 0 Å². The minimum absolute atomic E-state index is 0.292. The number of carbonyl (C=O) groups is 1. The van der Waals surface area contributed by atoms with Gasteiger partial charge in [-0.15, -0.1) is 5.10 Å². The number of rotatable bonds is 4. The van der Waals surface area contributed by atoms with E-state index in [0.29, 0.717) is 34.3 Å². The molecule has 8 nitrogen and oxygen atoms in total. The molecular weight excluding hydrogens is 304 g/mol. The first-order valence-electron chi connectivity index (χ1n) is 6.40. The summed E-state index contributed by atoms with van der Waals surface area (Å²) in [7, 11) is 0. The molecule has 3 aromatic rings. The number of aromatic nitrogens is 5. The Labute approximate surface area is 129 Å². The molecule has 2 aromatic heterocycles. The molecule has 2 heterocycles. The van der Waals surface area contributed by atoms with Gasteiger partial charge >= 0.3 is 5.97 Å². The predicted octanol–water partition coefficient (Wildman–Crippen LogP) is 1.31. The van der Waals surface area contributed by atoms with Crippen LogP contribution in [0.25, 0.3) is 11.3 Å². The van der Waals surface area contributed by atoms with Gasteiger partial charge in [-0.25, -0.2) is 4.79 Å². The van der Waals surface area contributed by atoms with Gasteiger partial charge in [0.25, 0.3) is 0 Å². The van der Waals surface area contributed by atoms with Crippen molar-refractivity contribution in [3.05, 3.63) is 40.5 Å². The molecule has 0 aliphatic carbocycles. The molecule has 112 valence electrons. The lowest BCUT2D eigenvalue weighted by Crippen LogP contribution is -2.08. The summed E-state index contributed by atoms with van der Waals surface area (Å²) in [4.78, 5) is 12.4. The van der Waals surface area contributed by atoms with E-state index in [0.717, 1.165) is 17.1 Å². The number of carbonyl (C=O) groups excluding carboxylic acids is 1. The van der Waals surface area contributed by atoms with Gasteiger partial charge < -0.3 is 10.5 Å². The largest absolute Gasteiger partial charge is 0.422 e. The van der Waals surface area contributed by atoms with Crippen LogP contribution < -0.4 is 10.5 Å². The van der Waals surface area contributed by atoms with Crippen molar-refractivity contribution in [3.63, 3.8) is 0 Å². The van der Waals surface area contributed by atoms with Crippen LogP contribution in [-0.2, 0) is 6.54 Å². The fourth-order valence-corrected chi connectivity index (χ4v) is 2.41. The molecule has 3 rings (SSSR count). The summed E-state index contributed by atoms with van der Waals surface area (Å²) >= 11 is 1.01. The van der Waals surface area contributed by atoms with Gasteiger partial charge in [0, 0.05) is 12.1 Å². The third kappa shape index (κ3) is 2.71. The number of nitrogens with one attached hydrogen (secondary N) is 1. The standard InChI is InChI=1S/C13H12N6O2S/c1-7-12(22-19-15-7)13(20)21-9-4-2-8(3-5-9)11-10(6-14)16-18-17-11/h2-5H,6,14H2,1H3,(H,16,17,18). The normalized spacial score (nSPS) is 10.6. The third-order valence-corrected chi connectivity index (χ3v) is 3.80. The van der Waals surface area contributed by atoms with Crippen LogP contribution in [0.3, 0.4) is 0 Å². The van der Waals surface area contributed by atoms with Gasteiger partial charge in [0.1, 0.15) is 17.1 Å². The topological polar surface area (TPSA) is 120 Å². The summed E-state index contributed by atoms with van der Waals surface area (Å²) in [5, 5.41) is 14.4. The number of nitrogens with zero attached hydrogens (tertiary/aromatic N) is 4. The van der Waals surface area contributed by atoms with E-state index in [2.05, 4.69) is 25.0 Å². The first-order chi connectivity index (χ1) is 10.7. The molecule has 0 spiro atoms. The Morgan fingerprint density at radius 3 is 2.73 bits per heavy atom. The second-order valence-corrected chi connectivity index (χ2v) is 5.18. The van der Waals surface area contributed by atoms with Gasteiger partial charge in [-0.3, -0.25) is 0 Å². The Bertz CT molecular complexity index is 795. The number of nitrogens with two attached hydrogens (primary N) is 1. The summed E-state index contributed by atoms with van der Waals surface area (Å²) in [5.74, 6) is -0.0383. The van der Waals surface area contributed by atoms with Crippen molar-refractivity contribution in [2.75, 3.05) is 0 Å². The number of H-pyrrole nitrogens is 1. The Morgan fingerprint density at radius 2 is 2.09 bits per heavy atom. The van der Waals surface area contributed by atoms with E-state index in [1.54, 1.807) is 31.2 Å². The van der Waals surface area contributed by atoms with Gasteiger partial charge in [0.2, 0.25) is 0 Å². The van der Waals surface area contributed by atoms with Crippen LogP contribution in [-0.4, -0.2) is 31.0 Å². The average Bonchev–Trinajstić information content (AvgIpc) is 3.16. The van der Waals surface area contributed by atoms with Crippen molar-refractivity contribution in [2.45, 2.75) is 13.5 Å². The van der Waals surface area contributed by atoms with Gasteiger partial charge in [0.15, 0.2) is 4.88 Å². The quantitative estimate of drug-likeness (QED) is 0.550. The van der Waals surface area contributed by atoms with E-state index < -0.39 is 5.97 Å². The zero-order valence-corrected chi connectivity index (χ0v) is 12.4. The number of aryl methyl sites for hydroxylation is 1. The van der Waals surface area contributed by atoms with Crippen molar-refractivity contribution >= 4 is 17.5 Å². The monoisotopic (exact) mass is 316 g/mol. The number of esters is 1. The Kier molecular flexibility index (Phi) is 3.90. The molecule has 0 radical (unpaired) electrons. The zero-order chi connectivity index (χ0) is 15.5. The van der Waals surface area contributed by atoms with Gasteiger partial charge in [-0.05, 0) is 42.7 Å². The summed E-state index contributed by atoms with van der Waals surface area (Å²) in [6.45, 7) is 2.00. The maximum Gasteiger partial charge on any atom is 0.357 e. The number of aromatic amines is 1. The SMILES string of the molecule is Cc1nnsc1C(=O)Oc1ccc(-c2n[nH]nc2CN)cc1. The highest BCUT2D eigenvalue weighted by atomic mass is 32.1. The Balaban J connectivity index is 1.77. The molecule has 0 saturated carbocycles. The average molecular weight is 316 g/mol. The highest BCUT2D eigenvalue weighted by Crippen LogP contribution is 2.23. The molecule has 0 amide bonds. The summed E-state index contributed by atoms with van der Waals surface area (Å²) in [6, 6.07) is 6.95. The summed E-state index contributed by atoms with van der Waals surface area (Å²) in [5.41, 5.74) is 8.35. The lowest BCUT2D eigenvalue weighted by atomic mass is 10.1. The lowest BCUT2D eigenvalue weighted by molar-refractivity contribution is 0.0739. The fourth-order valence-electron chi connectivity index (χ4n) is 1.88. The van der Waals surface area contributed by atoms with Gasteiger partial charge in [0.05, 0.1) is 5.69 Å². The van der Waals surface area contributed by atoms with E-state index in [4.69, 9.17) is 10.5 Å². The van der Waals surface area contributed by atoms with E-state index in [-0.39, 0.29) is 0 Å². The molecule has 0 bridgehead atoms. The van der Waals surface area contributed by atoms with Crippen molar-refractivity contribution in [1.29, 1.82) is 0 Å². The second kappa shape index (κ2) is 6.00. The first-order valence-corrected chi connectivity index (χ1v) is 7.17. The summed E-state index contributed by atoms with van der Waals surface area (Å²) < 4.78 is 9.00. The number of benzene rings is 1. The molecule has 0 aliphatic heterocycles. The molecule has 9 heteroatoms. The van der Waals surface area contributed by atoms with E-state index in [9.17, 15) is 4.79 Å². The maximum atomic E-state index is 12.0. The minimum Gasteiger partial charge on any atom is -0.422 e. The van der Waals surface area contributed by atoms with Crippen molar-refractivity contribution in [2.24, 2.45) is 5.73 Å². The van der Waals surface area contributed by atoms with E-state index >= 15 is 0 Å². The molecule has 22 heavy (non-hydrogen) atoms. The first kappa shape index (κ1) is 14.3. The van der Waals surface area contributed by atoms with Crippen LogP contribution in [0.2, 0.25) is 0 Å². The van der Waals surface area contributed by atoms with Crippen LogP contribution >= 0.6 is 11.5 Å². The van der Waals surface area contributed by atoms with Crippen LogP contribution in [0.15, 0.2) is 24.3 Å². The van der Waals surface area contributed by atoms with Crippen LogP contribution in [0, 0.1) is 6.92 Å². The maximum absolute atomic E-state index is 12.0. The summed E-state index contributed by atoms with van der Waals surface area (Å²) in [6.07, 6.45) is 0. The molecule has 0 saturated heterocycles. The second-order valence-electron chi connectivity index (χ2n) is 4.42. The molecule has 0 unspecified atom stereocenters. The van der Waals surface area contributed by atoms with Crippen molar-refractivity contribution < 1.29 is 9.53 Å². The van der Waals surface area contributed by atoms with Crippen LogP contribution in [0.5, 0.6) is 5.75 Å². The third-order valence-electron chi connectivity index (χ3n) is 2.99. The highest BCUT2D eigenvalue weighted by molar-refractivity contribution is 7.07. The molecule has 3 N–H and O–H groups in total. The number of hydrogen-bond donors (Lipinski definition) is 2. The molecule has 0 atom stereocenters. The number of hydrogen-bond acceptors (Lipinski definition) is 8.